The number of carboxylic acids is 1. The van der Waals surface area contributed by atoms with Gasteiger partial charge in [-0.2, -0.15) is 0 Å². The third-order valence-corrected chi connectivity index (χ3v) is 4.09. The number of aromatic carboxylic acids is 1. The minimum Gasteiger partial charge on any atom is -0.478 e. The van der Waals surface area contributed by atoms with Crippen LogP contribution in [0.25, 0.3) is 0 Å². The second-order valence-electron chi connectivity index (χ2n) is 5.86. The van der Waals surface area contributed by atoms with Crippen molar-refractivity contribution in [1.29, 1.82) is 0 Å². The molecular formula is C16H22N2O3. The Bertz CT molecular complexity index is 534. The van der Waals surface area contributed by atoms with E-state index in [1.807, 2.05) is 0 Å². The van der Waals surface area contributed by atoms with Crippen LogP contribution in [-0.4, -0.2) is 23.1 Å². The lowest BCUT2D eigenvalue weighted by Gasteiger charge is -2.27. The smallest absolute Gasteiger partial charge is 0.337 e. The summed E-state index contributed by atoms with van der Waals surface area (Å²) in [5.41, 5.74) is 1.22. The van der Waals surface area contributed by atoms with E-state index >= 15 is 0 Å². The summed E-state index contributed by atoms with van der Waals surface area (Å²) in [5, 5.41) is 14.8. The molecule has 5 nitrogen and oxygen atoms in total. The number of hydrogen-bond donors (Lipinski definition) is 3. The minimum absolute atomic E-state index is 0.113. The summed E-state index contributed by atoms with van der Waals surface area (Å²) in [5.74, 6) is -0.318. The molecule has 0 heterocycles. The van der Waals surface area contributed by atoms with E-state index < -0.39 is 5.97 Å². The van der Waals surface area contributed by atoms with Crippen LogP contribution in [0.1, 0.15) is 48.5 Å². The molecule has 0 aliphatic heterocycles. The van der Waals surface area contributed by atoms with Gasteiger partial charge in [-0.15, -0.1) is 0 Å². The molecule has 1 aliphatic carbocycles. The van der Waals surface area contributed by atoms with E-state index in [1.165, 1.54) is 6.07 Å². The molecule has 3 N–H and O–H groups in total. The Balaban J connectivity index is 2.01. The molecule has 0 spiro atoms. The standard InChI is InChI=1S/C16H22N2O3/c1-10-6-8-12(9-7-10)17-16(21)18-14-11(2)4-3-5-13(14)15(19)20/h3-5,10,12H,6-9H2,1-2H3,(H,19,20)(H2,17,18,21). The van der Waals surface area contributed by atoms with Crippen LogP contribution in [0.15, 0.2) is 18.2 Å². The lowest BCUT2D eigenvalue weighted by atomic mass is 9.87. The number of urea groups is 1. The Labute approximate surface area is 124 Å². The fourth-order valence-electron chi connectivity index (χ4n) is 2.75. The van der Waals surface area contributed by atoms with Crippen LogP contribution in [0.4, 0.5) is 10.5 Å². The number of carboxylic acid groups (broad SMARTS) is 1. The zero-order valence-corrected chi connectivity index (χ0v) is 12.5. The number of carbonyl (C=O) groups excluding carboxylic acids is 1. The van der Waals surface area contributed by atoms with Crippen LogP contribution in [0.2, 0.25) is 0 Å². The van der Waals surface area contributed by atoms with Gasteiger partial charge in [0.25, 0.3) is 0 Å². The Morgan fingerprint density at radius 2 is 1.86 bits per heavy atom. The monoisotopic (exact) mass is 290 g/mol. The van der Waals surface area contributed by atoms with E-state index in [2.05, 4.69) is 17.6 Å². The number of nitrogens with one attached hydrogen (secondary N) is 2. The molecule has 1 saturated carbocycles. The van der Waals surface area contributed by atoms with Crippen molar-refractivity contribution in [2.24, 2.45) is 5.92 Å². The topological polar surface area (TPSA) is 78.4 Å². The molecule has 1 fully saturated rings. The van der Waals surface area contributed by atoms with Crippen LogP contribution in [0, 0.1) is 12.8 Å². The fraction of sp³-hybridized carbons (Fsp3) is 0.500. The normalized spacial score (nSPS) is 21.6. The van der Waals surface area contributed by atoms with Crippen LogP contribution >= 0.6 is 0 Å². The molecule has 1 aromatic rings. The largest absolute Gasteiger partial charge is 0.478 e. The quantitative estimate of drug-likeness (QED) is 0.798. The first-order chi connectivity index (χ1) is 9.97. The molecule has 0 radical (unpaired) electrons. The Morgan fingerprint density at radius 3 is 2.48 bits per heavy atom. The van der Waals surface area contributed by atoms with Gasteiger partial charge in [-0.3, -0.25) is 0 Å². The number of carbonyl (C=O) groups is 2. The van der Waals surface area contributed by atoms with Crippen LogP contribution in [0.3, 0.4) is 0 Å². The van der Waals surface area contributed by atoms with Gasteiger partial charge >= 0.3 is 12.0 Å². The molecule has 0 saturated heterocycles. The predicted octanol–water partition coefficient (Wildman–Crippen LogP) is 3.39. The van der Waals surface area contributed by atoms with Crippen molar-refractivity contribution in [1.82, 2.24) is 5.32 Å². The number of benzene rings is 1. The molecule has 0 bridgehead atoms. The second kappa shape index (κ2) is 6.61. The van der Waals surface area contributed by atoms with Gasteiger partial charge in [0.1, 0.15) is 0 Å². The van der Waals surface area contributed by atoms with E-state index in [-0.39, 0.29) is 17.6 Å². The second-order valence-corrected chi connectivity index (χ2v) is 5.86. The Morgan fingerprint density at radius 1 is 1.19 bits per heavy atom. The van der Waals surface area contributed by atoms with Crippen LogP contribution in [0.5, 0.6) is 0 Å². The summed E-state index contributed by atoms with van der Waals surface area (Å²) in [6.45, 7) is 4.01. The van der Waals surface area contributed by atoms with Crippen molar-refractivity contribution in [3.05, 3.63) is 29.3 Å². The lowest BCUT2D eigenvalue weighted by Crippen LogP contribution is -2.40. The summed E-state index contributed by atoms with van der Waals surface area (Å²) >= 11 is 0. The Kier molecular flexibility index (Phi) is 4.83. The molecule has 114 valence electrons. The average molecular weight is 290 g/mol. The summed E-state index contributed by atoms with van der Waals surface area (Å²) < 4.78 is 0. The highest BCUT2D eigenvalue weighted by Crippen LogP contribution is 2.24. The molecule has 1 aromatic carbocycles. The average Bonchev–Trinajstić information content (AvgIpc) is 2.43. The van der Waals surface area contributed by atoms with Crippen LogP contribution < -0.4 is 10.6 Å². The van der Waals surface area contributed by atoms with Crippen molar-refractivity contribution in [2.45, 2.75) is 45.6 Å². The first kappa shape index (κ1) is 15.4. The maximum atomic E-state index is 12.1. The predicted molar refractivity (Wildman–Crippen MR) is 81.7 cm³/mol. The van der Waals surface area contributed by atoms with Crippen molar-refractivity contribution >= 4 is 17.7 Å². The highest BCUT2D eigenvalue weighted by molar-refractivity contribution is 6.01. The third-order valence-electron chi connectivity index (χ3n) is 4.09. The molecule has 0 aromatic heterocycles. The molecule has 2 rings (SSSR count). The first-order valence-electron chi connectivity index (χ1n) is 7.37. The van der Waals surface area contributed by atoms with E-state index in [4.69, 9.17) is 0 Å². The summed E-state index contributed by atoms with van der Waals surface area (Å²) in [4.78, 5) is 23.3. The van der Waals surface area contributed by atoms with Crippen molar-refractivity contribution in [3.8, 4) is 0 Å². The number of rotatable bonds is 3. The van der Waals surface area contributed by atoms with Gasteiger partial charge in [0.2, 0.25) is 0 Å². The van der Waals surface area contributed by atoms with E-state index in [0.717, 1.165) is 37.2 Å². The molecular weight excluding hydrogens is 268 g/mol. The molecule has 0 unspecified atom stereocenters. The number of amides is 2. The molecule has 2 amide bonds. The Hall–Kier alpha value is -2.04. The van der Waals surface area contributed by atoms with Gasteiger partial charge in [0, 0.05) is 6.04 Å². The van der Waals surface area contributed by atoms with E-state index in [0.29, 0.717) is 5.69 Å². The number of para-hydroxylation sites is 1. The SMILES string of the molecule is Cc1cccc(C(=O)O)c1NC(=O)NC1CCC(C)CC1. The number of hydrogen-bond acceptors (Lipinski definition) is 2. The minimum atomic E-state index is -1.04. The summed E-state index contributed by atoms with van der Waals surface area (Å²) in [6, 6.07) is 4.80. The zero-order valence-electron chi connectivity index (χ0n) is 12.5. The maximum absolute atomic E-state index is 12.1. The lowest BCUT2D eigenvalue weighted by molar-refractivity contribution is 0.0698. The third kappa shape index (κ3) is 3.97. The zero-order chi connectivity index (χ0) is 15.4. The van der Waals surface area contributed by atoms with Gasteiger partial charge in [0.15, 0.2) is 0 Å². The molecule has 0 atom stereocenters. The van der Waals surface area contributed by atoms with E-state index in [1.54, 1.807) is 19.1 Å². The maximum Gasteiger partial charge on any atom is 0.337 e. The van der Waals surface area contributed by atoms with Gasteiger partial charge < -0.3 is 15.7 Å². The van der Waals surface area contributed by atoms with Gasteiger partial charge in [0.05, 0.1) is 11.3 Å². The highest BCUT2D eigenvalue weighted by Gasteiger charge is 2.21. The molecule has 21 heavy (non-hydrogen) atoms. The molecule has 1 aliphatic rings. The first-order valence-corrected chi connectivity index (χ1v) is 7.37. The van der Waals surface area contributed by atoms with Crippen molar-refractivity contribution in [3.63, 3.8) is 0 Å². The summed E-state index contributed by atoms with van der Waals surface area (Å²) in [6.07, 6.45) is 4.20. The van der Waals surface area contributed by atoms with Gasteiger partial charge in [-0.1, -0.05) is 19.1 Å². The highest BCUT2D eigenvalue weighted by atomic mass is 16.4. The van der Waals surface area contributed by atoms with Crippen molar-refractivity contribution in [2.75, 3.05) is 5.32 Å². The van der Waals surface area contributed by atoms with Crippen molar-refractivity contribution < 1.29 is 14.7 Å². The number of anilines is 1. The summed E-state index contributed by atoms with van der Waals surface area (Å²) in [7, 11) is 0. The van der Waals surface area contributed by atoms with Crippen LogP contribution in [-0.2, 0) is 0 Å². The number of aryl methyl sites for hydroxylation is 1. The van der Waals surface area contributed by atoms with Gasteiger partial charge in [-0.05, 0) is 50.2 Å². The van der Waals surface area contributed by atoms with E-state index in [9.17, 15) is 14.7 Å². The van der Waals surface area contributed by atoms with Gasteiger partial charge in [-0.25, -0.2) is 9.59 Å². The molecule has 5 heteroatoms. The fourth-order valence-corrected chi connectivity index (χ4v) is 2.75.